The number of rotatable bonds is 3. The Hall–Kier alpha value is -1.22. The lowest BCUT2D eigenvalue weighted by Crippen LogP contribution is -2.44. The van der Waals surface area contributed by atoms with Crippen molar-refractivity contribution >= 4 is 5.69 Å². The highest BCUT2D eigenvalue weighted by Crippen LogP contribution is 2.22. The monoisotopic (exact) mass is 234 g/mol. The molecule has 1 aromatic rings. The van der Waals surface area contributed by atoms with E-state index < -0.39 is 0 Å². The lowest BCUT2D eigenvalue weighted by molar-refractivity contribution is 0.242. The van der Waals surface area contributed by atoms with Gasteiger partial charge in [0.05, 0.1) is 6.10 Å². The molecule has 0 aliphatic carbocycles. The summed E-state index contributed by atoms with van der Waals surface area (Å²) in [5, 5.41) is 0. The third kappa shape index (κ3) is 3.37. The third-order valence-electron chi connectivity index (χ3n) is 3.06. The van der Waals surface area contributed by atoms with Gasteiger partial charge in [-0.25, -0.2) is 0 Å². The Balaban J connectivity index is 2.05. The number of hydrogen-bond donors (Lipinski definition) is 0. The van der Waals surface area contributed by atoms with Crippen molar-refractivity contribution in [2.75, 3.05) is 38.1 Å². The summed E-state index contributed by atoms with van der Waals surface area (Å²) in [7, 11) is 2.18. The molecule has 0 atom stereocenters. The second-order valence-corrected chi connectivity index (χ2v) is 4.95. The van der Waals surface area contributed by atoms with Crippen LogP contribution in [-0.4, -0.2) is 44.2 Å². The summed E-state index contributed by atoms with van der Waals surface area (Å²) in [5.41, 5.74) is 1.27. The smallest absolute Gasteiger partial charge is 0.121 e. The maximum atomic E-state index is 5.73. The van der Waals surface area contributed by atoms with E-state index in [1.165, 1.54) is 5.69 Å². The van der Waals surface area contributed by atoms with Crippen molar-refractivity contribution in [1.82, 2.24) is 4.90 Å². The molecule has 0 saturated carbocycles. The van der Waals surface area contributed by atoms with E-state index in [-0.39, 0.29) is 6.10 Å². The van der Waals surface area contributed by atoms with Crippen LogP contribution in [-0.2, 0) is 0 Å². The molecule has 1 heterocycles. The molecule has 1 fully saturated rings. The fourth-order valence-electron chi connectivity index (χ4n) is 2.09. The second-order valence-electron chi connectivity index (χ2n) is 4.95. The number of piperazine rings is 1. The molecule has 3 heteroatoms. The summed E-state index contributed by atoms with van der Waals surface area (Å²) < 4.78 is 5.73. The maximum Gasteiger partial charge on any atom is 0.121 e. The molecule has 0 aromatic heterocycles. The zero-order chi connectivity index (χ0) is 12.3. The predicted octanol–water partition coefficient (Wildman–Crippen LogP) is 2.23. The largest absolute Gasteiger partial charge is 0.491 e. The lowest BCUT2D eigenvalue weighted by Gasteiger charge is -2.34. The van der Waals surface area contributed by atoms with Gasteiger partial charge in [-0.05, 0) is 33.0 Å². The Morgan fingerprint density at radius 3 is 2.47 bits per heavy atom. The molecule has 0 unspecified atom stereocenters. The van der Waals surface area contributed by atoms with Gasteiger partial charge in [-0.2, -0.15) is 0 Å². The van der Waals surface area contributed by atoms with Crippen molar-refractivity contribution in [3.05, 3.63) is 24.3 Å². The average Bonchev–Trinajstić information content (AvgIpc) is 2.29. The van der Waals surface area contributed by atoms with E-state index in [0.717, 1.165) is 31.9 Å². The molecule has 94 valence electrons. The van der Waals surface area contributed by atoms with Crippen LogP contribution < -0.4 is 9.64 Å². The number of anilines is 1. The van der Waals surface area contributed by atoms with Gasteiger partial charge in [0, 0.05) is 37.9 Å². The van der Waals surface area contributed by atoms with Gasteiger partial charge in [-0.3, -0.25) is 0 Å². The highest BCUT2D eigenvalue weighted by molar-refractivity contribution is 5.51. The molecule has 0 amide bonds. The summed E-state index contributed by atoms with van der Waals surface area (Å²) in [4.78, 5) is 4.79. The summed E-state index contributed by atoms with van der Waals surface area (Å²) in [5.74, 6) is 0.969. The Morgan fingerprint density at radius 2 is 1.82 bits per heavy atom. The molecule has 2 rings (SSSR count). The summed E-state index contributed by atoms with van der Waals surface area (Å²) >= 11 is 0. The first-order valence-electron chi connectivity index (χ1n) is 6.35. The normalized spacial score (nSPS) is 17.5. The van der Waals surface area contributed by atoms with Crippen LogP contribution in [0.5, 0.6) is 5.75 Å². The second kappa shape index (κ2) is 5.41. The van der Waals surface area contributed by atoms with Gasteiger partial charge in [0.2, 0.25) is 0 Å². The summed E-state index contributed by atoms with van der Waals surface area (Å²) in [6, 6.07) is 8.41. The number of ether oxygens (including phenoxy) is 1. The van der Waals surface area contributed by atoms with Gasteiger partial charge in [0.25, 0.3) is 0 Å². The fraction of sp³-hybridized carbons (Fsp3) is 0.571. The maximum absolute atomic E-state index is 5.73. The molecule has 1 aliphatic heterocycles. The molecule has 0 radical (unpaired) electrons. The van der Waals surface area contributed by atoms with Crippen LogP contribution in [0.3, 0.4) is 0 Å². The summed E-state index contributed by atoms with van der Waals surface area (Å²) in [6.07, 6.45) is 0.234. The Bertz CT molecular complexity index is 357. The molecule has 1 aromatic carbocycles. The van der Waals surface area contributed by atoms with E-state index >= 15 is 0 Å². The van der Waals surface area contributed by atoms with Crippen molar-refractivity contribution in [3.8, 4) is 5.75 Å². The Morgan fingerprint density at radius 1 is 1.12 bits per heavy atom. The van der Waals surface area contributed by atoms with Crippen molar-refractivity contribution < 1.29 is 4.74 Å². The van der Waals surface area contributed by atoms with Gasteiger partial charge in [-0.1, -0.05) is 6.07 Å². The van der Waals surface area contributed by atoms with Gasteiger partial charge in [-0.15, -0.1) is 0 Å². The zero-order valence-corrected chi connectivity index (χ0v) is 11.0. The first-order chi connectivity index (χ1) is 8.15. The molecular weight excluding hydrogens is 212 g/mol. The van der Waals surface area contributed by atoms with E-state index in [4.69, 9.17) is 4.74 Å². The van der Waals surface area contributed by atoms with Crippen LogP contribution in [0, 0.1) is 0 Å². The minimum absolute atomic E-state index is 0.234. The molecular formula is C14H22N2O. The zero-order valence-electron chi connectivity index (χ0n) is 11.0. The molecule has 0 spiro atoms. The number of nitrogens with zero attached hydrogens (tertiary/aromatic N) is 2. The standard InChI is InChI=1S/C14H22N2O/c1-12(2)17-14-6-4-5-13(11-14)16-9-7-15(3)8-10-16/h4-6,11-12H,7-10H2,1-3H3. The molecule has 3 nitrogen and oxygen atoms in total. The van der Waals surface area contributed by atoms with E-state index in [1.54, 1.807) is 0 Å². The molecule has 17 heavy (non-hydrogen) atoms. The Kier molecular flexibility index (Phi) is 3.89. The van der Waals surface area contributed by atoms with Crippen LogP contribution in [0.25, 0.3) is 0 Å². The highest BCUT2D eigenvalue weighted by Gasteiger charge is 2.14. The SMILES string of the molecule is CC(C)Oc1cccc(N2CCN(C)CC2)c1. The minimum Gasteiger partial charge on any atom is -0.491 e. The van der Waals surface area contributed by atoms with Gasteiger partial charge in [0.1, 0.15) is 5.75 Å². The van der Waals surface area contributed by atoms with Gasteiger partial charge >= 0.3 is 0 Å². The Labute approximate surface area is 104 Å². The van der Waals surface area contributed by atoms with Crippen LogP contribution in [0.2, 0.25) is 0 Å². The van der Waals surface area contributed by atoms with Gasteiger partial charge < -0.3 is 14.5 Å². The molecule has 0 N–H and O–H groups in total. The van der Waals surface area contributed by atoms with Crippen molar-refractivity contribution in [3.63, 3.8) is 0 Å². The lowest BCUT2D eigenvalue weighted by atomic mass is 10.2. The highest BCUT2D eigenvalue weighted by atomic mass is 16.5. The quantitative estimate of drug-likeness (QED) is 0.797. The van der Waals surface area contributed by atoms with Gasteiger partial charge in [0.15, 0.2) is 0 Å². The summed E-state index contributed by atoms with van der Waals surface area (Å²) in [6.45, 7) is 8.58. The van der Waals surface area contributed by atoms with E-state index in [1.807, 2.05) is 6.07 Å². The molecule has 0 bridgehead atoms. The van der Waals surface area contributed by atoms with Crippen molar-refractivity contribution in [1.29, 1.82) is 0 Å². The topological polar surface area (TPSA) is 15.7 Å². The molecule has 1 aliphatic rings. The van der Waals surface area contributed by atoms with E-state index in [2.05, 4.69) is 48.9 Å². The fourth-order valence-corrected chi connectivity index (χ4v) is 2.09. The number of likely N-dealkylation sites (N-methyl/N-ethyl adjacent to an activating group) is 1. The van der Waals surface area contributed by atoms with Crippen molar-refractivity contribution in [2.45, 2.75) is 20.0 Å². The van der Waals surface area contributed by atoms with Crippen LogP contribution in [0.4, 0.5) is 5.69 Å². The number of benzene rings is 1. The van der Waals surface area contributed by atoms with Crippen LogP contribution >= 0.6 is 0 Å². The minimum atomic E-state index is 0.234. The average molecular weight is 234 g/mol. The molecule has 1 saturated heterocycles. The predicted molar refractivity (Wildman–Crippen MR) is 71.9 cm³/mol. The van der Waals surface area contributed by atoms with Crippen molar-refractivity contribution in [2.24, 2.45) is 0 Å². The van der Waals surface area contributed by atoms with E-state index in [0.29, 0.717) is 0 Å². The van der Waals surface area contributed by atoms with Crippen LogP contribution in [0.1, 0.15) is 13.8 Å². The first kappa shape index (κ1) is 12.2. The van der Waals surface area contributed by atoms with Crippen LogP contribution in [0.15, 0.2) is 24.3 Å². The third-order valence-corrected chi connectivity index (χ3v) is 3.06. The number of hydrogen-bond acceptors (Lipinski definition) is 3. The first-order valence-corrected chi connectivity index (χ1v) is 6.35. The van der Waals surface area contributed by atoms with E-state index in [9.17, 15) is 0 Å².